The molecule has 6 heteroatoms. The van der Waals surface area contributed by atoms with E-state index in [-0.39, 0.29) is 5.56 Å². The summed E-state index contributed by atoms with van der Waals surface area (Å²) < 4.78 is 1.81. The SMILES string of the molecule is CCc1nc(C2CCCC2)n2nc(-c3cccs3)[nH]c(=O)c12. The molecule has 1 fully saturated rings. The molecule has 0 spiro atoms. The van der Waals surface area contributed by atoms with Gasteiger partial charge in [-0.1, -0.05) is 25.8 Å². The van der Waals surface area contributed by atoms with Crippen LogP contribution in [-0.4, -0.2) is 19.6 Å². The van der Waals surface area contributed by atoms with Gasteiger partial charge in [0.25, 0.3) is 5.56 Å². The lowest BCUT2D eigenvalue weighted by Gasteiger charge is -2.07. The molecule has 0 radical (unpaired) electrons. The van der Waals surface area contributed by atoms with Crippen molar-refractivity contribution in [2.75, 3.05) is 0 Å². The Bertz CT molecular complexity index is 856. The minimum absolute atomic E-state index is 0.0907. The summed E-state index contributed by atoms with van der Waals surface area (Å²) >= 11 is 1.58. The molecule has 114 valence electrons. The molecule has 1 N–H and O–H groups in total. The van der Waals surface area contributed by atoms with Gasteiger partial charge in [-0.25, -0.2) is 9.50 Å². The van der Waals surface area contributed by atoms with Crippen LogP contribution in [0.3, 0.4) is 0 Å². The van der Waals surface area contributed by atoms with Crippen molar-refractivity contribution in [1.29, 1.82) is 0 Å². The molecule has 0 saturated heterocycles. The number of thiophene rings is 1. The van der Waals surface area contributed by atoms with Crippen molar-refractivity contribution in [2.45, 2.75) is 44.9 Å². The number of rotatable bonds is 3. The van der Waals surface area contributed by atoms with E-state index in [4.69, 9.17) is 10.1 Å². The summed E-state index contributed by atoms with van der Waals surface area (Å²) in [4.78, 5) is 21.2. The summed E-state index contributed by atoms with van der Waals surface area (Å²) in [6, 6.07) is 3.94. The lowest BCUT2D eigenvalue weighted by molar-refractivity contribution is 0.639. The molecule has 1 aliphatic rings. The predicted octanol–water partition coefficient (Wildman–Crippen LogP) is 3.37. The molecule has 4 rings (SSSR count). The average molecular weight is 314 g/mol. The Balaban J connectivity index is 1.97. The Morgan fingerprint density at radius 1 is 1.41 bits per heavy atom. The summed E-state index contributed by atoms with van der Waals surface area (Å²) in [5.74, 6) is 2.03. The number of hydrogen-bond acceptors (Lipinski definition) is 4. The third-order valence-corrected chi connectivity index (χ3v) is 5.29. The van der Waals surface area contributed by atoms with Gasteiger partial charge in [0.1, 0.15) is 5.82 Å². The zero-order valence-electron chi connectivity index (χ0n) is 12.5. The van der Waals surface area contributed by atoms with Gasteiger partial charge in [0, 0.05) is 5.92 Å². The minimum atomic E-state index is -0.0907. The van der Waals surface area contributed by atoms with Crippen LogP contribution < -0.4 is 5.56 Å². The van der Waals surface area contributed by atoms with Crippen molar-refractivity contribution >= 4 is 16.9 Å². The summed E-state index contributed by atoms with van der Waals surface area (Å²) in [6.07, 6.45) is 5.51. The van der Waals surface area contributed by atoms with Crippen LogP contribution in [0.15, 0.2) is 22.3 Å². The van der Waals surface area contributed by atoms with Crippen molar-refractivity contribution in [3.63, 3.8) is 0 Å². The van der Waals surface area contributed by atoms with E-state index in [1.165, 1.54) is 12.8 Å². The van der Waals surface area contributed by atoms with E-state index in [0.717, 1.165) is 35.7 Å². The second-order valence-electron chi connectivity index (χ2n) is 5.79. The van der Waals surface area contributed by atoms with Crippen LogP contribution >= 0.6 is 11.3 Å². The van der Waals surface area contributed by atoms with Crippen LogP contribution in [0.1, 0.15) is 50.0 Å². The second-order valence-corrected chi connectivity index (χ2v) is 6.74. The normalized spacial score (nSPS) is 15.9. The molecule has 1 saturated carbocycles. The fourth-order valence-electron chi connectivity index (χ4n) is 3.31. The van der Waals surface area contributed by atoms with Crippen molar-refractivity contribution in [3.05, 3.63) is 39.4 Å². The number of nitrogens with one attached hydrogen (secondary N) is 1. The average Bonchev–Trinajstić information content (AvgIpc) is 3.26. The highest BCUT2D eigenvalue weighted by molar-refractivity contribution is 7.13. The van der Waals surface area contributed by atoms with Crippen LogP contribution in [0, 0.1) is 0 Å². The molecule has 0 atom stereocenters. The van der Waals surface area contributed by atoms with Gasteiger partial charge in [-0.05, 0) is 30.7 Å². The molecular weight excluding hydrogens is 296 g/mol. The number of aryl methyl sites for hydroxylation is 1. The summed E-state index contributed by atoms with van der Waals surface area (Å²) in [6.45, 7) is 2.04. The molecule has 5 nitrogen and oxygen atoms in total. The molecule has 3 heterocycles. The van der Waals surface area contributed by atoms with Crippen LogP contribution in [0.25, 0.3) is 16.2 Å². The quantitative estimate of drug-likeness (QED) is 0.806. The molecular formula is C16H18N4OS. The fraction of sp³-hybridized carbons (Fsp3) is 0.438. The molecule has 1 aliphatic carbocycles. The Hall–Kier alpha value is -1.95. The summed E-state index contributed by atoms with van der Waals surface area (Å²) in [7, 11) is 0. The monoisotopic (exact) mass is 314 g/mol. The highest BCUT2D eigenvalue weighted by atomic mass is 32.1. The molecule has 3 aromatic heterocycles. The number of H-pyrrole nitrogens is 1. The predicted molar refractivity (Wildman–Crippen MR) is 87.5 cm³/mol. The molecule has 22 heavy (non-hydrogen) atoms. The van der Waals surface area contributed by atoms with Gasteiger partial charge < -0.3 is 4.98 Å². The highest BCUT2D eigenvalue weighted by Gasteiger charge is 2.25. The van der Waals surface area contributed by atoms with Gasteiger partial charge in [0.05, 0.1) is 10.6 Å². The van der Waals surface area contributed by atoms with Gasteiger partial charge in [0.2, 0.25) is 0 Å². The maximum Gasteiger partial charge on any atom is 0.277 e. The molecule has 0 aliphatic heterocycles. The maximum absolute atomic E-state index is 12.6. The molecule has 0 aromatic carbocycles. The highest BCUT2D eigenvalue weighted by Crippen LogP contribution is 2.34. The third-order valence-electron chi connectivity index (χ3n) is 4.41. The fourth-order valence-corrected chi connectivity index (χ4v) is 3.98. The molecule has 0 unspecified atom stereocenters. The lowest BCUT2D eigenvalue weighted by Crippen LogP contribution is -2.16. The second kappa shape index (κ2) is 5.35. The van der Waals surface area contributed by atoms with Gasteiger partial charge in [-0.2, -0.15) is 0 Å². The number of nitrogens with zero attached hydrogens (tertiary/aromatic N) is 3. The number of hydrogen-bond donors (Lipinski definition) is 1. The van der Waals surface area contributed by atoms with E-state index in [0.29, 0.717) is 17.3 Å². The van der Waals surface area contributed by atoms with E-state index in [1.807, 2.05) is 29.0 Å². The van der Waals surface area contributed by atoms with Crippen molar-refractivity contribution < 1.29 is 0 Å². The van der Waals surface area contributed by atoms with Gasteiger partial charge in [0.15, 0.2) is 11.3 Å². The van der Waals surface area contributed by atoms with Crippen LogP contribution in [-0.2, 0) is 6.42 Å². The van der Waals surface area contributed by atoms with E-state index in [9.17, 15) is 4.79 Å². The Kier molecular flexibility index (Phi) is 3.33. The smallest absolute Gasteiger partial charge is 0.277 e. The number of imidazole rings is 1. The Morgan fingerprint density at radius 3 is 2.91 bits per heavy atom. The van der Waals surface area contributed by atoms with Crippen molar-refractivity contribution in [1.82, 2.24) is 19.6 Å². The van der Waals surface area contributed by atoms with Crippen LogP contribution in [0.2, 0.25) is 0 Å². The zero-order chi connectivity index (χ0) is 15.1. The number of aromatic amines is 1. The van der Waals surface area contributed by atoms with Gasteiger partial charge in [-0.3, -0.25) is 4.79 Å². The topological polar surface area (TPSA) is 63.1 Å². The number of aromatic nitrogens is 4. The third kappa shape index (κ3) is 2.09. The minimum Gasteiger partial charge on any atom is -0.303 e. The van der Waals surface area contributed by atoms with Crippen LogP contribution in [0.5, 0.6) is 0 Å². The van der Waals surface area contributed by atoms with E-state index < -0.39 is 0 Å². The molecule has 0 amide bonds. The van der Waals surface area contributed by atoms with Gasteiger partial charge in [-0.15, -0.1) is 16.4 Å². The Morgan fingerprint density at radius 2 is 2.23 bits per heavy atom. The first kappa shape index (κ1) is 13.7. The zero-order valence-corrected chi connectivity index (χ0v) is 13.3. The van der Waals surface area contributed by atoms with E-state index >= 15 is 0 Å². The summed E-state index contributed by atoms with van der Waals surface area (Å²) in [5.41, 5.74) is 1.38. The molecule has 3 aromatic rings. The first-order valence-electron chi connectivity index (χ1n) is 7.83. The van der Waals surface area contributed by atoms with Crippen molar-refractivity contribution in [2.24, 2.45) is 0 Å². The molecule has 0 bridgehead atoms. The van der Waals surface area contributed by atoms with E-state index in [2.05, 4.69) is 4.98 Å². The van der Waals surface area contributed by atoms with Crippen LogP contribution in [0.4, 0.5) is 0 Å². The summed E-state index contributed by atoms with van der Waals surface area (Å²) in [5, 5.41) is 6.69. The maximum atomic E-state index is 12.6. The van der Waals surface area contributed by atoms with Gasteiger partial charge >= 0.3 is 0 Å². The lowest BCUT2D eigenvalue weighted by atomic mass is 10.1. The Labute approximate surface area is 132 Å². The standard InChI is InChI=1S/C16H18N4OS/c1-2-11-13-16(21)18-14(12-8-5-9-22-12)19-20(13)15(17-11)10-6-3-4-7-10/h5,8-10H,2-4,6-7H2,1H3,(H,18,19,21). The van der Waals surface area contributed by atoms with E-state index in [1.54, 1.807) is 11.3 Å². The first-order chi connectivity index (χ1) is 10.8. The number of fused-ring (bicyclic) bond motifs is 1. The van der Waals surface area contributed by atoms with Crippen molar-refractivity contribution in [3.8, 4) is 10.7 Å². The largest absolute Gasteiger partial charge is 0.303 e. The first-order valence-corrected chi connectivity index (χ1v) is 8.71.